The van der Waals surface area contributed by atoms with Crippen LogP contribution in [-0.2, 0) is 0 Å². The van der Waals surface area contributed by atoms with Gasteiger partial charge in [0, 0.05) is 31.7 Å². The van der Waals surface area contributed by atoms with Gasteiger partial charge in [0.15, 0.2) is 0 Å². The Balaban J connectivity index is 2.07. The molecule has 8 heteroatoms. The highest BCUT2D eigenvalue weighted by atomic mass is 19.4. The van der Waals surface area contributed by atoms with Crippen molar-refractivity contribution in [2.75, 3.05) is 37.6 Å². The van der Waals surface area contributed by atoms with Gasteiger partial charge in [-0.2, -0.15) is 13.2 Å². The molecule has 0 spiro atoms. The molecule has 0 saturated carbocycles. The number of hydrogen-bond donors (Lipinski definition) is 0. The van der Waals surface area contributed by atoms with E-state index < -0.39 is 24.4 Å². The molecule has 2 rings (SSSR count). The van der Waals surface area contributed by atoms with Crippen molar-refractivity contribution in [3.63, 3.8) is 0 Å². The van der Waals surface area contributed by atoms with Crippen LogP contribution in [0.15, 0.2) is 12.1 Å². The second-order valence-corrected chi connectivity index (χ2v) is 4.83. The number of carbonyl (C=O) groups is 1. The van der Waals surface area contributed by atoms with E-state index in [-0.39, 0.29) is 37.4 Å². The number of nitrogens with zero attached hydrogens (tertiary/aromatic N) is 2. The van der Waals surface area contributed by atoms with Gasteiger partial charge in [-0.1, -0.05) is 0 Å². The standard InChI is InChI=1S/C13H13F5N2O/c14-10-5-9(7-21)6-11(15)12(10)20-3-1-19(2-4-20)8-13(16,17)18/h5-7H,1-4,8H2. The molecule has 1 fully saturated rings. The van der Waals surface area contributed by atoms with Gasteiger partial charge in [-0.15, -0.1) is 0 Å². The van der Waals surface area contributed by atoms with E-state index in [4.69, 9.17) is 0 Å². The van der Waals surface area contributed by atoms with E-state index in [9.17, 15) is 26.7 Å². The normalized spacial score (nSPS) is 17.1. The van der Waals surface area contributed by atoms with E-state index in [1.165, 1.54) is 9.80 Å². The highest BCUT2D eigenvalue weighted by Gasteiger charge is 2.32. The number of rotatable bonds is 3. The number of aldehydes is 1. The average molecular weight is 308 g/mol. The summed E-state index contributed by atoms with van der Waals surface area (Å²) in [5, 5.41) is 0. The first kappa shape index (κ1) is 15.7. The molecule has 0 amide bonds. The fourth-order valence-corrected chi connectivity index (χ4v) is 2.34. The minimum atomic E-state index is -4.29. The van der Waals surface area contributed by atoms with Gasteiger partial charge >= 0.3 is 6.18 Å². The summed E-state index contributed by atoms with van der Waals surface area (Å²) < 4.78 is 64.4. The Hall–Kier alpha value is -1.70. The van der Waals surface area contributed by atoms with Crippen molar-refractivity contribution in [2.45, 2.75) is 6.18 Å². The van der Waals surface area contributed by atoms with Gasteiger partial charge in [0.2, 0.25) is 0 Å². The van der Waals surface area contributed by atoms with E-state index in [1.807, 2.05) is 0 Å². The van der Waals surface area contributed by atoms with Crippen LogP contribution in [0.4, 0.5) is 27.6 Å². The summed E-state index contributed by atoms with van der Waals surface area (Å²) in [4.78, 5) is 13.1. The molecule has 0 bridgehead atoms. The molecule has 0 N–H and O–H groups in total. The monoisotopic (exact) mass is 308 g/mol. The van der Waals surface area contributed by atoms with Crippen molar-refractivity contribution < 1.29 is 26.7 Å². The van der Waals surface area contributed by atoms with E-state index in [2.05, 4.69) is 0 Å². The molecule has 1 aromatic rings. The van der Waals surface area contributed by atoms with Gasteiger partial charge < -0.3 is 4.90 Å². The molecule has 3 nitrogen and oxygen atoms in total. The Morgan fingerprint density at radius 2 is 1.57 bits per heavy atom. The molecular formula is C13H13F5N2O. The van der Waals surface area contributed by atoms with Crippen molar-refractivity contribution in [1.29, 1.82) is 0 Å². The topological polar surface area (TPSA) is 23.6 Å². The van der Waals surface area contributed by atoms with Crippen LogP contribution in [0.2, 0.25) is 0 Å². The van der Waals surface area contributed by atoms with Crippen LogP contribution in [0.5, 0.6) is 0 Å². The van der Waals surface area contributed by atoms with Gasteiger partial charge in [0.25, 0.3) is 0 Å². The fourth-order valence-electron chi connectivity index (χ4n) is 2.34. The molecule has 1 aliphatic rings. The van der Waals surface area contributed by atoms with Gasteiger partial charge in [0.05, 0.1) is 6.54 Å². The van der Waals surface area contributed by atoms with Gasteiger partial charge in [0.1, 0.15) is 23.6 Å². The van der Waals surface area contributed by atoms with Crippen LogP contribution >= 0.6 is 0 Å². The maximum atomic E-state index is 13.8. The number of halogens is 5. The molecule has 1 saturated heterocycles. The lowest BCUT2D eigenvalue weighted by atomic mass is 10.1. The zero-order valence-corrected chi connectivity index (χ0v) is 11.0. The molecular weight excluding hydrogens is 295 g/mol. The number of piperazine rings is 1. The summed E-state index contributed by atoms with van der Waals surface area (Å²) in [6.45, 7) is -0.730. The maximum absolute atomic E-state index is 13.8. The lowest BCUT2D eigenvalue weighted by molar-refractivity contribution is -0.146. The van der Waals surface area contributed by atoms with Crippen LogP contribution < -0.4 is 4.90 Å². The molecule has 0 atom stereocenters. The Morgan fingerprint density at radius 3 is 2.00 bits per heavy atom. The first-order valence-corrected chi connectivity index (χ1v) is 6.28. The smallest absolute Gasteiger partial charge is 0.364 e. The van der Waals surface area contributed by atoms with E-state index >= 15 is 0 Å². The van der Waals surface area contributed by atoms with Gasteiger partial charge in [-0.25, -0.2) is 8.78 Å². The second-order valence-electron chi connectivity index (χ2n) is 4.83. The minimum absolute atomic E-state index is 0.0633. The van der Waals surface area contributed by atoms with E-state index in [0.717, 1.165) is 12.1 Å². The number of carbonyl (C=O) groups excluding carboxylic acids is 1. The summed E-state index contributed by atoms with van der Waals surface area (Å²) in [5.41, 5.74) is -0.420. The molecule has 0 aromatic heterocycles. The summed E-state index contributed by atoms with van der Waals surface area (Å²) in [7, 11) is 0. The highest BCUT2D eigenvalue weighted by Crippen LogP contribution is 2.26. The summed E-state index contributed by atoms with van der Waals surface area (Å²) in [5.74, 6) is -1.78. The van der Waals surface area contributed by atoms with Crippen molar-refractivity contribution in [3.8, 4) is 0 Å². The van der Waals surface area contributed by atoms with Crippen LogP contribution in [0, 0.1) is 11.6 Å². The Bertz CT molecular complexity index is 501. The van der Waals surface area contributed by atoms with Crippen molar-refractivity contribution in [3.05, 3.63) is 29.3 Å². The van der Waals surface area contributed by atoms with Crippen LogP contribution in [-0.4, -0.2) is 50.1 Å². The quantitative estimate of drug-likeness (QED) is 0.633. The first-order valence-electron chi connectivity index (χ1n) is 6.28. The van der Waals surface area contributed by atoms with Crippen LogP contribution in [0.3, 0.4) is 0 Å². The third-order valence-corrected chi connectivity index (χ3v) is 3.27. The Kier molecular flexibility index (Phi) is 4.46. The van der Waals surface area contributed by atoms with E-state index in [1.54, 1.807) is 0 Å². The lowest BCUT2D eigenvalue weighted by Gasteiger charge is -2.36. The molecule has 116 valence electrons. The SMILES string of the molecule is O=Cc1cc(F)c(N2CCN(CC(F)(F)F)CC2)c(F)c1. The molecule has 1 aliphatic heterocycles. The minimum Gasteiger partial charge on any atom is -0.364 e. The lowest BCUT2D eigenvalue weighted by Crippen LogP contribution is -2.49. The van der Waals surface area contributed by atoms with Crippen molar-refractivity contribution >= 4 is 12.0 Å². The van der Waals surface area contributed by atoms with Crippen LogP contribution in [0.25, 0.3) is 0 Å². The largest absolute Gasteiger partial charge is 0.401 e. The van der Waals surface area contributed by atoms with Crippen LogP contribution in [0.1, 0.15) is 10.4 Å². The number of hydrogen-bond acceptors (Lipinski definition) is 3. The molecule has 1 aromatic carbocycles. The zero-order chi connectivity index (χ0) is 15.6. The number of benzene rings is 1. The van der Waals surface area contributed by atoms with E-state index in [0.29, 0.717) is 6.29 Å². The average Bonchev–Trinajstić information content (AvgIpc) is 2.38. The predicted octanol–water partition coefficient (Wildman–Crippen LogP) is 2.46. The Morgan fingerprint density at radius 1 is 1.05 bits per heavy atom. The summed E-state index contributed by atoms with van der Waals surface area (Å²) >= 11 is 0. The second kappa shape index (κ2) is 5.97. The van der Waals surface area contributed by atoms with Crippen molar-refractivity contribution in [1.82, 2.24) is 4.90 Å². The number of alkyl halides is 3. The number of anilines is 1. The third-order valence-electron chi connectivity index (χ3n) is 3.27. The van der Waals surface area contributed by atoms with Crippen molar-refractivity contribution in [2.24, 2.45) is 0 Å². The highest BCUT2D eigenvalue weighted by molar-refractivity contribution is 5.76. The van der Waals surface area contributed by atoms with Gasteiger partial charge in [-0.3, -0.25) is 9.69 Å². The maximum Gasteiger partial charge on any atom is 0.401 e. The van der Waals surface area contributed by atoms with Gasteiger partial charge in [-0.05, 0) is 12.1 Å². The molecule has 1 heterocycles. The third kappa shape index (κ3) is 3.90. The Labute approximate surface area is 117 Å². The zero-order valence-electron chi connectivity index (χ0n) is 11.0. The molecule has 21 heavy (non-hydrogen) atoms. The molecule has 0 unspecified atom stereocenters. The fraction of sp³-hybridized carbons (Fsp3) is 0.462. The molecule has 0 radical (unpaired) electrons. The summed E-state index contributed by atoms with van der Waals surface area (Å²) in [6, 6.07) is 1.82. The first-order chi connectivity index (χ1) is 9.80. The summed E-state index contributed by atoms with van der Waals surface area (Å²) in [6.07, 6.45) is -3.96. The molecule has 0 aliphatic carbocycles. The predicted molar refractivity (Wildman–Crippen MR) is 66.5 cm³/mol.